The van der Waals surface area contributed by atoms with Crippen molar-refractivity contribution in [2.45, 2.75) is 54.4 Å². The molecule has 0 aromatic carbocycles. The summed E-state index contributed by atoms with van der Waals surface area (Å²) in [6, 6.07) is 0. The first kappa shape index (κ1) is 14.7. The first-order chi connectivity index (χ1) is 6.21. The Morgan fingerprint density at radius 3 is 1.14 bits per heavy atom. The van der Waals surface area contributed by atoms with E-state index in [0.717, 1.165) is 0 Å². The molecule has 0 unspecified atom stereocenters. The van der Waals surface area contributed by atoms with E-state index in [4.69, 9.17) is 0 Å². The van der Waals surface area contributed by atoms with Crippen LogP contribution >= 0.6 is 21.6 Å². The second-order valence-corrected chi connectivity index (χ2v) is 8.97. The summed E-state index contributed by atoms with van der Waals surface area (Å²) in [5, 5.41) is 0. The minimum atomic E-state index is 0.498. The molecule has 0 heterocycles. The lowest BCUT2D eigenvalue weighted by atomic mass is 9.94. The van der Waals surface area contributed by atoms with Gasteiger partial charge in [-0.15, -0.1) is 0 Å². The van der Waals surface area contributed by atoms with E-state index < -0.39 is 0 Å². The molecule has 0 saturated carbocycles. The molecular formula is C12H26S2. The van der Waals surface area contributed by atoms with Gasteiger partial charge in [-0.1, -0.05) is 63.1 Å². The van der Waals surface area contributed by atoms with E-state index in [9.17, 15) is 0 Å². The minimum Gasteiger partial charge on any atom is -0.0941 e. The van der Waals surface area contributed by atoms with Gasteiger partial charge >= 0.3 is 0 Å². The third-order valence-electron chi connectivity index (χ3n) is 1.95. The molecule has 0 aromatic rings. The fourth-order valence-corrected chi connectivity index (χ4v) is 3.65. The maximum absolute atomic E-state index is 2.31. The molecule has 0 atom stereocenters. The summed E-state index contributed by atoms with van der Waals surface area (Å²) in [6.07, 6.45) is 2.64. The molecule has 0 rings (SSSR count). The Kier molecular flexibility index (Phi) is 6.63. The van der Waals surface area contributed by atoms with E-state index in [1.165, 1.54) is 24.3 Å². The normalized spacial score (nSPS) is 13.3. The van der Waals surface area contributed by atoms with Crippen LogP contribution in [-0.2, 0) is 0 Å². The Balaban J connectivity index is 3.23. The lowest BCUT2D eigenvalue weighted by Gasteiger charge is -2.18. The van der Waals surface area contributed by atoms with E-state index >= 15 is 0 Å². The molecule has 0 aliphatic carbocycles. The molecule has 0 radical (unpaired) electrons. The summed E-state index contributed by atoms with van der Waals surface area (Å²) in [5.74, 6) is 2.58. The second kappa shape index (κ2) is 6.32. The van der Waals surface area contributed by atoms with Gasteiger partial charge in [-0.3, -0.25) is 0 Å². The molecule has 14 heavy (non-hydrogen) atoms. The van der Waals surface area contributed by atoms with Gasteiger partial charge in [0.1, 0.15) is 0 Å². The zero-order valence-electron chi connectivity index (χ0n) is 10.6. The van der Waals surface area contributed by atoms with Crippen LogP contribution in [0.3, 0.4) is 0 Å². The summed E-state index contributed by atoms with van der Waals surface area (Å²) in [6.45, 7) is 13.9. The highest BCUT2D eigenvalue weighted by atomic mass is 33.1. The van der Waals surface area contributed by atoms with Crippen molar-refractivity contribution in [1.82, 2.24) is 0 Å². The third-order valence-corrected chi connectivity index (χ3v) is 4.36. The molecule has 0 nitrogen and oxygen atoms in total. The maximum Gasteiger partial charge on any atom is 0.00419 e. The Morgan fingerprint density at radius 1 is 0.643 bits per heavy atom. The Bertz CT molecular complexity index is 121. The van der Waals surface area contributed by atoms with Crippen LogP contribution in [-0.4, -0.2) is 11.5 Å². The zero-order valence-corrected chi connectivity index (χ0v) is 12.3. The second-order valence-electron chi connectivity index (χ2n) is 6.27. The highest BCUT2D eigenvalue weighted by Crippen LogP contribution is 2.31. The standard InChI is InChI=1S/C12H26S2/c1-11(2,3)7-9-13-14-10-8-12(4,5)6/h7-10H2,1-6H3. The van der Waals surface area contributed by atoms with E-state index in [2.05, 4.69) is 41.5 Å². The highest BCUT2D eigenvalue weighted by Gasteiger charge is 2.11. The summed E-state index contributed by atoms with van der Waals surface area (Å²) in [5.41, 5.74) is 0.995. The quantitative estimate of drug-likeness (QED) is 0.471. The van der Waals surface area contributed by atoms with Crippen molar-refractivity contribution in [3.8, 4) is 0 Å². The van der Waals surface area contributed by atoms with Crippen molar-refractivity contribution in [3.63, 3.8) is 0 Å². The molecule has 2 heteroatoms. The Hall–Kier alpha value is 0.700. The van der Waals surface area contributed by atoms with Crippen LogP contribution in [0.4, 0.5) is 0 Å². The van der Waals surface area contributed by atoms with Gasteiger partial charge in [0.15, 0.2) is 0 Å². The molecule has 86 valence electrons. The van der Waals surface area contributed by atoms with Gasteiger partial charge in [-0.25, -0.2) is 0 Å². The molecule has 0 saturated heterocycles. The van der Waals surface area contributed by atoms with Crippen LogP contribution in [0.1, 0.15) is 54.4 Å². The SMILES string of the molecule is CC(C)(C)CCSSCCC(C)(C)C. The van der Waals surface area contributed by atoms with Gasteiger partial charge in [0, 0.05) is 11.5 Å². The van der Waals surface area contributed by atoms with Crippen LogP contribution in [0.15, 0.2) is 0 Å². The van der Waals surface area contributed by atoms with E-state index in [0.29, 0.717) is 10.8 Å². The van der Waals surface area contributed by atoms with Gasteiger partial charge in [0.2, 0.25) is 0 Å². The summed E-state index contributed by atoms with van der Waals surface area (Å²) >= 11 is 0. The molecule has 0 aliphatic heterocycles. The van der Waals surface area contributed by atoms with Gasteiger partial charge < -0.3 is 0 Å². The summed E-state index contributed by atoms with van der Waals surface area (Å²) < 4.78 is 0. The maximum atomic E-state index is 2.31. The smallest absolute Gasteiger partial charge is 0.00419 e. The van der Waals surface area contributed by atoms with Crippen LogP contribution in [0.2, 0.25) is 0 Å². The van der Waals surface area contributed by atoms with Gasteiger partial charge in [-0.2, -0.15) is 0 Å². The van der Waals surface area contributed by atoms with E-state index in [1.807, 2.05) is 21.6 Å². The van der Waals surface area contributed by atoms with Crippen molar-refractivity contribution in [2.75, 3.05) is 11.5 Å². The Morgan fingerprint density at radius 2 is 0.929 bits per heavy atom. The molecule has 0 amide bonds. The lowest BCUT2D eigenvalue weighted by Crippen LogP contribution is -2.06. The average molecular weight is 234 g/mol. The number of hydrogen-bond acceptors (Lipinski definition) is 2. The summed E-state index contributed by atoms with van der Waals surface area (Å²) in [7, 11) is 4.07. The molecule has 0 fully saturated rings. The molecule has 0 N–H and O–H groups in total. The van der Waals surface area contributed by atoms with Crippen LogP contribution in [0.25, 0.3) is 0 Å². The number of hydrogen-bond donors (Lipinski definition) is 0. The first-order valence-electron chi connectivity index (χ1n) is 5.45. The molecule has 0 spiro atoms. The van der Waals surface area contributed by atoms with Gasteiger partial charge in [0.25, 0.3) is 0 Å². The molecule has 0 bridgehead atoms. The monoisotopic (exact) mass is 234 g/mol. The van der Waals surface area contributed by atoms with Crippen molar-refractivity contribution < 1.29 is 0 Å². The van der Waals surface area contributed by atoms with Crippen LogP contribution in [0, 0.1) is 10.8 Å². The fourth-order valence-electron chi connectivity index (χ4n) is 0.814. The first-order valence-corrected chi connectivity index (χ1v) is 7.94. The molecule has 0 aliphatic rings. The van der Waals surface area contributed by atoms with E-state index in [1.54, 1.807) is 0 Å². The minimum absolute atomic E-state index is 0.498. The third kappa shape index (κ3) is 12.7. The molecule has 0 aromatic heterocycles. The van der Waals surface area contributed by atoms with Crippen LogP contribution in [0.5, 0.6) is 0 Å². The predicted molar refractivity (Wildman–Crippen MR) is 73.1 cm³/mol. The van der Waals surface area contributed by atoms with E-state index in [-0.39, 0.29) is 0 Å². The van der Waals surface area contributed by atoms with Crippen molar-refractivity contribution in [1.29, 1.82) is 0 Å². The van der Waals surface area contributed by atoms with Crippen molar-refractivity contribution >= 4 is 21.6 Å². The van der Waals surface area contributed by atoms with Crippen molar-refractivity contribution in [2.24, 2.45) is 10.8 Å². The van der Waals surface area contributed by atoms with Crippen LogP contribution < -0.4 is 0 Å². The lowest BCUT2D eigenvalue weighted by molar-refractivity contribution is 0.401. The number of rotatable bonds is 5. The zero-order chi connectivity index (χ0) is 11.2. The molecular weight excluding hydrogens is 208 g/mol. The van der Waals surface area contributed by atoms with Crippen molar-refractivity contribution in [3.05, 3.63) is 0 Å². The highest BCUT2D eigenvalue weighted by molar-refractivity contribution is 8.76. The summed E-state index contributed by atoms with van der Waals surface area (Å²) in [4.78, 5) is 0. The van der Waals surface area contributed by atoms with Gasteiger partial charge in [-0.05, 0) is 23.7 Å². The fraction of sp³-hybridized carbons (Fsp3) is 1.00. The van der Waals surface area contributed by atoms with Gasteiger partial charge in [0.05, 0.1) is 0 Å². The Labute approximate surface area is 98.4 Å². The predicted octanol–water partition coefficient (Wildman–Crippen LogP) is 5.24. The largest absolute Gasteiger partial charge is 0.0941 e. The topological polar surface area (TPSA) is 0 Å². The average Bonchev–Trinajstić information content (AvgIpc) is 1.92.